The largest absolute Gasteiger partial charge is 0.305 e. The summed E-state index contributed by atoms with van der Waals surface area (Å²) in [6, 6.07) is 13.5. The first-order valence-electron chi connectivity index (χ1n) is 7.23. The molecule has 1 aromatic carbocycles. The van der Waals surface area contributed by atoms with Crippen molar-refractivity contribution in [2.45, 2.75) is 12.5 Å². The van der Waals surface area contributed by atoms with Crippen LogP contribution in [0.5, 0.6) is 0 Å². The highest BCUT2D eigenvalue weighted by molar-refractivity contribution is 7.91. The van der Waals surface area contributed by atoms with Gasteiger partial charge in [0.1, 0.15) is 11.3 Å². The van der Waals surface area contributed by atoms with Crippen molar-refractivity contribution in [1.82, 2.24) is 14.5 Å². The molecule has 0 amide bonds. The Hall–Kier alpha value is -2.21. The normalized spacial score (nSPS) is 20.5. The van der Waals surface area contributed by atoms with E-state index in [0.717, 1.165) is 22.6 Å². The van der Waals surface area contributed by atoms with Crippen LogP contribution in [0, 0.1) is 0 Å². The summed E-state index contributed by atoms with van der Waals surface area (Å²) in [6.45, 7) is 0. The van der Waals surface area contributed by atoms with E-state index >= 15 is 0 Å². The Bertz CT molecular complexity index is 932. The molecular formula is C16H15N3O2S. The van der Waals surface area contributed by atoms with Crippen LogP contribution < -0.4 is 0 Å². The lowest BCUT2D eigenvalue weighted by Gasteiger charge is -2.14. The van der Waals surface area contributed by atoms with Gasteiger partial charge in [-0.15, -0.1) is 0 Å². The fourth-order valence-corrected chi connectivity index (χ4v) is 4.75. The van der Waals surface area contributed by atoms with Crippen LogP contribution in [0.2, 0.25) is 0 Å². The summed E-state index contributed by atoms with van der Waals surface area (Å²) in [5.41, 5.74) is 2.53. The number of sulfone groups is 1. The summed E-state index contributed by atoms with van der Waals surface area (Å²) in [7, 11) is -2.97. The fraction of sp³-hybridized carbons (Fsp3) is 0.250. The summed E-state index contributed by atoms with van der Waals surface area (Å²) in [4.78, 5) is 9.11. The van der Waals surface area contributed by atoms with Gasteiger partial charge in [0.2, 0.25) is 0 Å². The highest BCUT2D eigenvalue weighted by atomic mass is 32.2. The van der Waals surface area contributed by atoms with Crippen molar-refractivity contribution in [1.29, 1.82) is 0 Å². The van der Waals surface area contributed by atoms with Crippen molar-refractivity contribution in [2.75, 3.05) is 11.5 Å². The number of rotatable bonds is 2. The molecule has 4 rings (SSSR count). The summed E-state index contributed by atoms with van der Waals surface area (Å²) < 4.78 is 25.7. The molecule has 1 unspecified atom stereocenters. The zero-order chi connectivity index (χ0) is 15.2. The highest BCUT2D eigenvalue weighted by Gasteiger charge is 2.32. The molecule has 1 saturated heterocycles. The molecule has 1 aliphatic rings. The van der Waals surface area contributed by atoms with E-state index < -0.39 is 9.84 Å². The minimum Gasteiger partial charge on any atom is -0.305 e. The Labute approximate surface area is 128 Å². The molecule has 22 heavy (non-hydrogen) atoms. The second-order valence-corrected chi connectivity index (χ2v) is 7.80. The molecule has 5 nitrogen and oxygen atoms in total. The van der Waals surface area contributed by atoms with Crippen LogP contribution >= 0.6 is 0 Å². The highest BCUT2D eigenvalue weighted by Crippen LogP contribution is 2.32. The van der Waals surface area contributed by atoms with E-state index in [1.807, 2.05) is 47.0 Å². The number of hydrogen-bond acceptors (Lipinski definition) is 4. The van der Waals surface area contributed by atoms with Crippen LogP contribution in [-0.2, 0) is 9.84 Å². The number of nitrogens with zero attached hydrogens (tertiary/aromatic N) is 3. The molecule has 0 saturated carbocycles. The SMILES string of the molecule is O=S1(=O)CCC(n2c(-c3ccccc3)nc3cccnc32)C1. The summed E-state index contributed by atoms with van der Waals surface area (Å²) in [6.07, 6.45) is 2.34. The molecule has 0 spiro atoms. The molecular weight excluding hydrogens is 298 g/mol. The third-order valence-electron chi connectivity index (χ3n) is 4.05. The molecule has 0 aliphatic carbocycles. The van der Waals surface area contributed by atoms with Gasteiger partial charge in [-0.05, 0) is 18.6 Å². The Balaban J connectivity index is 1.95. The smallest absolute Gasteiger partial charge is 0.160 e. The number of benzene rings is 1. The number of aromatic nitrogens is 3. The second kappa shape index (κ2) is 4.91. The van der Waals surface area contributed by atoms with E-state index in [0.29, 0.717) is 6.42 Å². The van der Waals surface area contributed by atoms with Gasteiger partial charge in [0, 0.05) is 11.8 Å². The Morgan fingerprint density at radius 2 is 1.91 bits per heavy atom. The second-order valence-electron chi connectivity index (χ2n) is 5.57. The lowest BCUT2D eigenvalue weighted by molar-refractivity contribution is 0.570. The lowest BCUT2D eigenvalue weighted by atomic mass is 10.2. The number of hydrogen-bond donors (Lipinski definition) is 0. The number of pyridine rings is 1. The minimum absolute atomic E-state index is 0.0971. The van der Waals surface area contributed by atoms with Gasteiger partial charge in [0.05, 0.1) is 17.5 Å². The lowest BCUT2D eigenvalue weighted by Crippen LogP contribution is -2.12. The van der Waals surface area contributed by atoms with Crippen molar-refractivity contribution < 1.29 is 8.42 Å². The zero-order valence-electron chi connectivity index (χ0n) is 11.9. The maximum absolute atomic E-state index is 11.9. The van der Waals surface area contributed by atoms with E-state index in [-0.39, 0.29) is 17.5 Å². The molecule has 1 aliphatic heterocycles. The number of imidazole rings is 1. The molecule has 2 aromatic heterocycles. The van der Waals surface area contributed by atoms with Gasteiger partial charge in [0.15, 0.2) is 15.5 Å². The van der Waals surface area contributed by atoms with Gasteiger partial charge in [-0.25, -0.2) is 18.4 Å². The third kappa shape index (κ3) is 2.20. The first-order valence-corrected chi connectivity index (χ1v) is 9.05. The van der Waals surface area contributed by atoms with Crippen LogP contribution in [0.3, 0.4) is 0 Å². The summed E-state index contributed by atoms with van der Waals surface area (Å²) >= 11 is 0. The summed E-state index contributed by atoms with van der Waals surface area (Å²) in [5, 5.41) is 0. The van der Waals surface area contributed by atoms with Gasteiger partial charge < -0.3 is 4.57 Å². The van der Waals surface area contributed by atoms with Crippen molar-refractivity contribution in [2.24, 2.45) is 0 Å². The molecule has 6 heteroatoms. The van der Waals surface area contributed by atoms with E-state index in [4.69, 9.17) is 0 Å². The molecule has 3 aromatic rings. The maximum Gasteiger partial charge on any atom is 0.160 e. The average molecular weight is 313 g/mol. The van der Waals surface area contributed by atoms with Gasteiger partial charge in [0.25, 0.3) is 0 Å². The predicted octanol–water partition coefficient (Wildman–Crippen LogP) is 2.46. The van der Waals surface area contributed by atoms with Crippen molar-refractivity contribution in [3.05, 3.63) is 48.7 Å². The predicted molar refractivity (Wildman–Crippen MR) is 85.3 cm³/mol. The molecule has 1 atom stereocenters. The van der Waals surface area contributed by atoms with Crippen LogP contribution in [0.25, 0.3) is 22.6 Å². The minimum atomic E-state index is -2.97. The van der Waals surface area contributed by atoms with E-state index in [1.54, 1.807) is 6.20 Å². The molecule has 112 valence electrons. The molecule has 0 N–H and O–H groups in total. The van der Waals surface area contributed by atoms with Crippen LogP contribution in [0.15, 0.2) is 48.7 Å². The van der Waals surface area contributed by atoms with Crippen LogP contribution in [0.4, 0.5) is 0 Å². The topological polar surface area (TPSA) is 64.8 Å². The molecule has 1 fully saturated rings. The Morgan fingerprint density at radius 3 is 2.64 bits per heavy atom. The standard InChI is InChI=1S/C16H15N3O2S/c20-22(21)10-8-13(11-22)19-15(12-5-2-1-3-6-12)18-14-7-4-9-17-16(14)19/h1-7,9,13H,8,10-11H2. The van der Waals surface area contributed by atoms with Gasteiger partial charge in [-0.1, -0.05) is 30.3 Å². The first kappa shape index (κ1) is 13.5. The average Bonchev–Trinajstić information content (AvgIpc) is 3.08. The molecule has 0 radical (unpaired) electrons. The fourth-order valence-electron chi connectivity index (χ4n) is 3.05. The van der Waals surface area contributed by atoms with E-state index in [2.05, 4.69) is 9.97 Å². The van der Waals surface area contributed by atoms with E-state index in [1.165, 1.54) is 0 Å². The van der Waals surface area contributed by atoms with Gasteiger partial charge >= 0.3 is 0 Å². The van der Waals surface area contributed by atoms with Crippen molar-refractivity contribution >= 4 is 21.0 Å². The van der Waals surface area contributed by atoms with Crippen molar-refractivity contribution in [3.63, 3.8) is 0 Å². The first-order chi connectivity index (χ1) is 10.6. The monoisotopic (exact) mass is 313 g/mol. The molecule has 3 heterocycles. The van der Waals surface area contributed by atoms with Gasteiger partial charge in [-0.3, -0.25) is 0 Å². The van der Waals surface area contributed by atoms with Gasteiger partial charge in [-0.2, -0.15) is 0 Å². The molecule has 0 bridgehead atoms. The number of fused-ring (bicyclic) bond motifs is 1. The summed E-state index contributed by atoms with van der Waals surface area (Å²) in [5.74, 6) is 1.18. The quantitative estimate of drug-likeness (QED) is 0.729. The zero-order valence-corrected chi connectivity index (χ0v) is 12.7. The Morgan fingerprint density at radius 1 is 1.09 bits per heavy atom. The third-order valence-corrected chi connectivity index (χ3v) is 5.80. The van der Waals surface area contributed by atoms with Crippen LogP contribution in [-0.4, -0.2) is 34.5 Å². The van der Waals surface area contributed by atoms with Crippen LogP contribution in [0.1, 0.15) is 12.5 Å². The van der Waals surface area contributed by atoms with E-state index in [9.17, 15) is 8.42 Å². The Kier molecular flexibility index (Phi) is 3.00. The maximum atomic E-state index is 11.9. The van der Waals surface area contributed by atoms with Crippen molar-refractivity contribution in [3.8, 4) is 11.4 Å².